The van der Waals surface area contributed by atoms with Crippen LogP contribution in [0.25, 0.3) is 0 Å². The zero-order chi connectivity index (χ0) is 16.9. The monoisotopic (exact) mass is 341 g/mol. The number of nitrogens with zero attached hydrogens (tertiary/aromatic N) is 2. The smallest absolute Gasteiger partial charge is 0.321 e. The van der Waals surface area contributed by atoms with E-state index in [1.807, 2.05) is 13.8 Å². The maximum Gasteiger partial charge on any atom is 0.321 e. The van der Waals surface area contributed by atoms with Crippen molar-refractivity contribution in [2.75, 3.05) is 44.7 Å². The van der Waals surface area contributed by atoms with Gasteiger partial charge in [-0.05, 0) is 38.1 Å². The summed E-state index contributed by atoms with van der Waals surface area (Å²) in [7, 11) is -3.50. The number of benzene rings is 1. The topological polar surface area (TPSA) is 79.0 Å². The number of rotatable bonds is 5. The van der Waals surface area contributed by atoms with Crippen LogP contribution in [0.2, 0.25) is 0 Å². The Morgan fingerprint density at radius 3 is 2.26 bits per heavy atom. The third kappa shape index (κ3) is 4.21. The number of ether oxygens (including phenoxy) is 1. The van der Waals surface area contributed by atoms with Crippen LogP contribution in [-0.2, 0) is 14.8 Å². The van der Waals surface area contributed by atoms with Crippen LogP contribution in [0.4, 0.5) is 10.5 Å². The summed E-state index contributed by atoms with van der Waals surface area (Å²) in [5, 5.41) is 2.76. The van der Waals surface area contributed by atoms with E-state index in [0.29, 0.717) is 45.1 Å². The Labute approximate surface area is 137 Å². The molecule has 1 fully saturated rings. The van der Waals surface area contributed by atoms with Crippen molar-refractivity contribution in [1.29, 1.82) is 0 Å². The lowest BCUT2D eigenvalue weighted by Gasteiger charge is -2.26. The number of amides is 2. The standard InChI is InChI=1S/C15H23N3O4S/c1-3-17(4-2)15(19)16-13-5-7-14(8-6-13)23(20,21)18-9-11-22-12-10-18/h5-8H,3-4,9-12H2,1-2H3,(H,16,19). The van der Waals surface area contributed by atoms with Crippen molar-refractivity contribution in [2.24, 2.45) is 0 Å². The van der Waals surface area contributed by atoms with E-state index in [0.717, 1.165) is 0 Å². The number of sulfonamides is 1. The molecule has 0 spiro atoms. The number of carbonyl (C=O) groups excluding carboxylic acids is 1. The molecule has 1 aliphatic heterocycles. The normalized spacial score (nSPS) is 16.1. The van der Waals surface area contributed by atoms with Gasteiger partial charge in [0.05, 0.1) is 18.1 Å². The first-order valence-corrected chi connectivity index (χ1v) is 9.17. The molecule has 23 heavy (non-hydrogen) atoms. The van der Waals surface area contributed by atoms with Crippen LogP contribution in [0.1, 0.15) is 13.8 Å². The van der Waals surface area contributed by atoms with Gasteiger partial charge in [-0.15, -0.1) is 0 Å². The minimum atomic E-state index is -3.50. The summed E-state index contributed by atoms with van der Waals surface area (Å²) in [5.74, 6) is 0. The van der Waals surface area contributed by atoms with Crippen LogP contribution >= 0.6 is 0 Å². The van der Waals surface area contributed by atoms with Gasteiger partial charge in [0, 0.05) is 31.9 Å². The van der Waals surface area contributed by atoms with Crippen LogP contribution in [0.5, 0.6) is 0 Å². The molecule has 0 bridgehead atoms. The molecule has 7 nitrogen and oxygen atoms in total. The summed E-state index contributed by atoms with van der Waals surface area (Å²) in [6.07, 6.45) is 0. The molecule has 128 valence electrons. The molecule has 1 heterocycles. The van der Waals surface area contributed by atoms with Gasteiger partial charge in [-0.1, -0.05) is 0 Å². The number of morpholine rings is 1. The van der Waals surface area contributed by atoms with Crippen molar-refractivity contribution in [3.63, 3.8) is 0 Å². The maximum absolute atomic E-state index is 12.5. The predicted molar refractivity (Wildman–Crippen MR) is 88.0 cm³/mol. The summed E-state index contributed by atoms with van der Waals surface area (Å²) in [5.41, 5.74) is 0.572. The molecular formula is C15H23N3O4S. The number of hydrogen-bond acceptors (Lipinski definition) is 4. The lowest BCUT2D eigenvalue weighted by Crippen LogP contribution is -2.40. The molecule has 2 amide bonds. The summed E-state index contributed by atoms with van der Waals surface area (Å²) < 4.78 is 31.6. The Hall–Kier alpha value is -1.64. The van der Waals surface area contributed by atoms with E-state index >= 15 is 0 Å². The van der Waals surface area contributed by atoms with Crippen molar-refractivity contribution >= 4 is 21.7 Å². The van der Waals surface area contributed by atoms with Crippen molar-refractivity contribution in [3.05, 3.63) is 24.3 Å². The van der Waals surface area contributed by atoms with Gasteiger partial charge in [-0.3, -0.25) is 0 Å². The fourth-order valence-corrected chi connectivity index (χ4v) is 3.77. The molecule has 0 aliphatic carbocycles. The molecule has 1 aliphatic rings. The van der Waals surface area contributed by atoms with Crippen molar-refractivity contribution < 1.29 is 17.9 Å². The highest BCUT2D eigenvalue weighted by molar-refractivity contribution is 7.89. The zero-order valence-electron chi connectivity index (χ0n) is 13.5. The molecule has 1 N–H and O–H groups in total. The molecule has 2 rings (SSSR count). The molecule has 8 heteroatoms. The minimum Gasteiger partial charge on any atom is -0.379 e. The number of hydrogen-bond donors (Lipinski definition) is 1. The largest absolute Gasteiger partial charge is 0.379 e. The van der Waals surface area contributed by atoms with Crippen LogP contribution in [0.3, 0.4) is 0 Å². The second kappa shape index (κ2) is 7.76. The Balaban J connectivity index is 2.08. The Morgan fingerprint density at radius 1 is 1.17 bits per heavy atom. The van der Waals surface area contributed by atoms with Crippen molar-refractivity contribution in [1.82, 2.24) is 9.21 Å². The summed E-state index contributed by atoms with van der Waals surface area (Å²) in [6.45, 7) is 6.60. The van der Waals surface area contributed by atoms with Crippen LogP contribution in [0.15, 0.2) is 29.2 Å². The molecule has 1 aromatic carbocycles. The van der Waals surface area contributed by atoms with E-state index in [1.54, 1.807) is 17.0 Å². The molecule has 0 radical (unpaired) electrons. The maximum atomic E-state index is 12.5. The van der Waals surface area contributed by atoms with E-state index in [-0.39, 0.29) is 10.9 Å². The molecule has 0 unspecified atom stereocenters. The molecular weight excluding hydrogens is 318 g/mol. The summed E-state index contributed by atoms with van der Waals surface area (Å²) >= 11 is 0. The number of anilines is 1. The molecule has 0 saturated carbocycles. The first-order valence-electron chi connectivity index (χ1n) is 7.73. The second-order valence-corrected chi connectivity index (χ2v) is 7.08. The first-order chi connectivity index (χ1) is 11.0. The van der Waals surface area contributed by atoms with Crippen LogP contribution in [0, 0.1) is 0 Å². The summed E-state index contributed by atoms with van der Waals surface area (Å²) in [6, 6.07) is 6.05. The van der Waals surface area contributed by atoms with E-state index in [2.05, 4.69) is 5.32 Å². The molecule has 0 aromatic heterocycles. The SMILES string of the molecule is CCN(CC)C(=O)Nc1ccc(S(=O)(=O)N2CCOCC2)cc1. The highest BCUT2D eigenvalue weighted by atomic mass is 32.2. The molecule has 1 saturated heterocycles. The lowest BCUT2D eigenvalue weighted by atomic mass is 10.3. The van der Waals surface area contributed by atoms with Crippen molar-refractivity contribution in [2.45, 2.75) is 18.7 Å². The van der Waals surface area contributed by atoms with E-state index in [4.69, 9.17) is 4.74 Å². The highest BCUT2D eigenvalue weighted by Crippen LogP contribution is 2.19. The average Bonchev–Trinajstić information content (AvgIpc) is 2.57. The third-order valence-electron chi connectivity index (χ3n) is 3.76. The lowest BCUT2D eigenvalue weighted by molar-refractivity contribution is 0.0730. The number of urea groups is 1. The van der Waals surface area contributed by atoms with E-state index in [9.17, 15) is 13.2 Å². The number of nitrogens with one attached hydrogen (secondary N) is 1. The van der Waals surface area contributed by atoms with Gasteiger partial charge in [-0.25, -0.2) is 13.2 Å². The van der Waals surface area contributed by atoms with Gasteiger partial charge in [0.1, 0.15) is 0 Å². The van der Waals surface area contributed by atoms with Gasteiger partial charge in [-0.2, -0.15) is 4.31 Å². The fourth-order valence-electron chi connectivity index (χ4n) is 2.36. The molecule has 0 atom stereocenters. The van der Waals surface area contributed by atoms with Gasteiger partial charge in [0.2, 0.25) is 10.0 Å². The van der Waals surface area contributed by atoms with Crippen LogP contribution < -0.4 is 5.32 Å². The first kappa shape index (κ1) is 17.7. The van der Waals surface area contributed by atoms with Gasteiger partial charge < -0.3 is 15.0 Å². The summed E-state index contributed by atoms with van der Waals surface area (Å²) in [4.78, 5) is 13.9. The van der Waals surface area contributed by atoms with Gasteiger partial charge >= 0.3 is 6.03 Å². The minimum absolute atomic E-state index is 0.196. The quantitative estimate of drug-likeness (QED) is 0.882. The van der Waals surface area contributed by atoms with E-state index in [1.165, 1.54) is 16.4 Å². The Bertz CT molecular complexity index is 621. The van der Waals surface area contributed by atoms with Crippen LogP contribution in [-0.4, -0.2) is 63.0 Å². The highest BCUT2D eigenvalue weighted by Gasteiger charge is 2.26. The predicted octanol–water partition coefficient (Wildman–Crippen LogP) is 1.58. The Morgan fingerprint density at radius 2 is 1.74 bits per heavy atom. The van der Waals surface area contributed by atoms with Gasteiger partial charge in [0.25, 0.3) is 0 Å². The third-order valence-corrected chi connectivity index (χ3v) is 5.68. The van der Waals surface area contributed by atoms with Gasteiger partial charge in [0.15, 0.2) is 0 Å². The average molecular weight is 341 g/mol. The van der Waals surface area contributed by atoms with Crippen molar-refractivity contribution in [3.8, 4) is 0 Å². The Kier molecular flexibility index (Phi) is 5.97. The molecule has 1 aromatic rings. The number of carbonyl (C=O) groups is 1. The zero-order valence-corrected chi connectivity index (χ0v) is 14.3. The fraction of sp³-hybridized carbons (Fsp3) is 0.533. The second-order valence-electron chi connectivity index (χ2n) is 5.14. The van der Waals surface area contributed by atoms with E-state index < -0.39 is 10.0 Å².